The van der Waals surface area contributed by atoms with Crippen molar-refractivity contribution in [1.29, 1.82) is 0 Å². The number of ether oxygens (including phenoxy) is 1. The minimum absolute atomic E-state index is 0.360. The molecular formula is C11H19N3OS. The van der Waals surface area contributed by atoms with E-state index in [1.165, 1.54) is 6.42 Å². The summed E-state index contributed by atoms with van der Waals surface area (Å²) in [4.78, 5) is 6.60. The van der Waals surface area contributed by atoms with Gasteiger partial charge in [-0.15, -0.1) is 0 Å². The molecule has 1 saturated heterocycles. The molecule has 1 unspecified atom stereocenters. The van der Waals surface area contributed by atoms with E-state index in [1.54, 1.807) is 17.5 Å². The minimum atomic E-state index is 0.360. The fourth-order valence-electron chi connectivity index (χ4n) is 1.96. The molecule has 1 atom stereocenters. The van der Waals surface area contributed by atoms with Gasteiger partial charge in [0.2, 0.25) is 0 Å². The molecule has 4 nitrogen and oxygen atoms in total. The van der Waals surface area contributed by atoms with Gasteiger partial charge >= 0.3 is 0 Å². The second-order valence-corrected chi connectivity index (χ2v) is 5.17. The number of nitrogens with two attached hydrogens (primary N) is 1. The third kappa shape index (κ3) is 2.86. The molecule has 0 saturated carbocycles. The van der Waals surface area contributed by atoms with Crippen LogP contribution in [0.3, 0.4) is 0 Å². The van der Waals surface area contributed by atoms with E-state index in [9.17, 15) is 0 Å². The minimum Gasteiger partial charge on any atom is -0.389 e. The van der Waals surface area contributed by atoms with Crippen molar-refractivity contribution in [2.24, 2.45) is 0 Å². The Bertz CT molecular complexity index is 329. The topological polar surface area (TPSA) is 51.4 Å². The number of piperidine rings is 1. The van der Waals surface area contributed by atoms with Crippen molar-refractivity contribution >= 4 is 21.5 Å². The number of anilines is 2. The lowest BCUT2D eigenvalue weighted by Gasteiger charge is -2.32. The van der Waals surface area contributed by atoms with Gasteiger partial charge in [0.15, 0.2) is 5.13 Å². The number of rotatable bonds is 4. The van der Waals surface area contributed by atoms with Crippen molar-refractivity contribution in [2.45, 2.75) is 32.3 Å². The van der Waals surface area contributed by atoms with E-state index in [4.69, 9.17) is 10.5 Å². The van der Waals surface area contributed by atoms with E-state index in [-0.39, 0.29) is 0 Å². The highest BCUT2D eigenvalue weighted by atomic mass is 32.1. The zero-order valence-electron chi connectivity index (χ0n) is 9.69. The van der Waals surface area contributed by atoms with Gasteiger partial charge in [0.25, 0.3) is 0 Å². The van der Waals surface area contributed by atoms with Crippen LogP contribution >= 0.6 is 11.3 Å². The number of hydrogen-bond acceptors (Lipinski definition) is 5. The lowest BCUT2D eigenvalue weighted by molar-refractivity contribution is 0.0440. The van der Waals surface area contributed by atoms with Crippen molar-refractivity contribution in [3.63, 3.8) is 0 Å². The first-order valence-corrected chi connectivity index (χ1v) is 6.69. The molecule has 1 aliphatic rings. The van der Waals surface area contributed by atoms with Crippen LogP contribution in [0.25, 0.3) is 0 Å². The fraction of sp³-hybridized carbons (Fsp3) is 0.727. The van der Waals surface area contributed by atoms with Gasteiger partial charge in [-0.25, -0.2) is 4.98 Å². The molecule has 0 bridgehead atoms. The van der Waals surface area contributed by atoms with Crippen molar-refractivity contribution < 1.29 is 4.74 Å². The molecule has 2 N–H and O–H groups in total. The first kappa shape index (κ1) is 11.7. The van der Waals surface area contributed by atoms with Crippen LogP contribution in [0.4, 0.5) is 10.1 Å². The van der Waals surface area contributed by atoms with E-state index in [1.807, 2.05) is 0 Å². The molecule has 0 radical (unpaired) electrons. The summed E-state index contributed by atoms with van der Waals surface area (Å²) in [5.74, 6) is 0. The van der Waals surface area contributed by atoms with Crippen molar-refractivity contribution in [2.75, 3.05) is 30.3 Å². The highest BCUT2D eigenvalue weighted by molar-refractivity contribution is 7.19. The molecule has 1 aliphatic heterocycles. The largest absolute Gasteiger partial charge is 0.389 e. The summed E-state index contributed by atoms with van der Waals surface area (Å²) in [6.45, 7) is 5.02. The molecule has 5 heteroatoms. The Kier molecular flexibility index (Phi) is 4.01. The van der Waals surface area contributed by atoms with E-state index in [0.717, 1.165) is 42.7 Å². The molecule has 16 heavy (non-hydrogen) atoms. The summed E-state index contributed by atoms with van der Waals surface area (Å²) < 4.78 is 5.79. The second-order valence-electron chi connectivity index (χ2n) is 4.13. The average Bonchev–Trinajstić information content (AvgIpc) is 2.74. The Morgan fingerprint density at radius 2 is 2.56 bits per heavy atom. The predicted octanol–water partition coefficient (Wildman–Crippen LogP) is 2.12. The summed E-state index contributed by atoms with van der Waals surface area (Å²) in [6, 6.07) is 0. The maximum Gasteiger partial charge on any atom is 0.187 e. The molecule has 0 amide bonds. The SMILES string of the molecule is CCCOC1CCCN(c2ncc(N)s2)C1. The van der Waals surface area contributed by atoms with Gasteiger partial charge in [-0.3, -0.25) is 0 Å². The lowest BCUT2D eigenvalue weighted by atomic mass is 10.1. The monoisotopic (exact) mass is 241 g/mol. The molecule has 1 aromatic heterocycles. The molecule has 2 rings (SSSR count). The second kappa shape index (κ2) is 5.50. The van der Waals surface area contributed by atoms with E-state index in [0.29, 0.717) is 6.10 Å². The normalized spacial score (nSPS) is 21.3. The van der Waals surface area contributed by atoms with Crippen LogP contribution in [0.1, 0.15) is 26.2 Å². The maximum atomic E-state index is 5.79. The molecule has 90 valence electrons. The summed E-state index contributed by atoms with van der Waals surface area (Å²) in [5, 5.41) is 1.81. The van der Waals surface area contributed by atoms with Crippen LogP contribution in [-0.4, -0.2) is 30.8 Å². The third-order valence-electron chi connectivity index (χ3n) is 2.72. The molecule has 0 spiro atoms. The zero-order chi connectivity index (χ0) is 11.4. The zero-order valence-corrected chi connectivity index (χ0v) is 10.5. The first-order valence-electron chi connectivity index (χ1n) is 5.87. The standard InChI is InChI=1S/C11H19N3OS/c1-2-6-15-9-4-3-5-14(8-9)11-13-7-10(12)16-11/h7,9H,2-6,8,12H2,1H3. The van der Waals surface area contributed by atoms with E-state index in [2.05, 4.69) is 16.8 Å². The van der Waals surface area contributed by atoms with Crippen LogP contribution in [-0.2, 0) is 4.74 Å². The quantitative estimate of drug-likeness (QED) is 0.877. The third-order valence-corrected chi connectivity index (χ3v) is 3.61. The number of nitrogen functional groups attached to an aromatic ring is 1. The van der Waals surface area contributed by atoms with Crippen molar-refractivity contribution in [3.8, 4) is 0 Å². The molecule has 1 aromatic rings. The molecular weight excluding hydrogens is 222 g/mol. The number of nitrogens with zero attached hydrogens (tertiary/aromatic N) is 2. The fourth-order valence-corrected chi connectivity index (χ4v) is 2.67. The summed E-state index contributed by atoms with van der Waals surface area (Å²) in [7, 11) is 0. The highest BCUT2D eigenvalue weighted by Gasteiger charge is 2.22. The Morgan fingerprint density at radius 3 is 3.25 bits per heavy atom. The summed E-state index contributed by atoms with van der Waals surface area (Å²) >= 11 is 1.56. The molecule has 2 heterocycles. The molecule has 0 aliphatic carbocycles. The van der Waals surface area contributed by atoms with E-state index < -0.39 is 0 Å². The van der Waals surface area contributed by atoms with Crippen LogP contribution < -0.4 is 10.6 Å². The summed E-state index contributed by atoms with van der Waals surface area (Å²) in [6.07, 6.45) is 5.52. The van der Waals surface area contributed by atoms with Gasteiger partial charge in [-0.2, -0.15) is 0 Å². The average molecular weight is 241 g/mol. The van der Waals surface area contributed by atoms with Crippen LogP contribution in [0.5, 0.6) is 0 Å². The Labute approximate surface area is 100 Å². The van der Waals surface area contributed by atoms with Gasteiger partial charge < -0.3 is 15.4 Å². The Hall–Kier alpha value is -0.810. The van der Waals surface area contributed by atoms with Gasteiger partial charge in [0.1, 0.15) is 5.00 Å². The number of aromatic nitrogens is 1. The lowest BCUT2D eigenvalue weighted by Crippen LogP contribution is -2.39. The Balaban J connectivity index is 1.91. The Morgan fingerprint density at radius 1 is 1.69 bits per heavy atom. The highest BCUT2D eigenvalue weighted by Crippen LogP contribution is 2.27. The predicted molar refractivity (Wildman–Crippen MR) is 68.0 cm³/mol. The number of thiazole rings is 1. The van der Waals surface area contributed by atoms with Gasteiger partial charge in [-0.05, 0) is 19.3 Å². The molecule has 1 fully saturated rings. The van der Waals surface area contributed by atoms with Crippen LogP contribution in [0.15, 0.2) is 6.20 Å². The first-order chi connectivity index (χ1) is 7.79. The van der Waals surface area contributed by atoms with Gasteiger partial charge in [0.05, 0.1) is 12.3 Å². The smallest absolute Gasteiger partial charge is 0.187 e. The summed E-state index contributed by atoms with van der Waals surface area (Å²) in [5.41, 5.74) is 5.70. The van der Waals surface area contributed by atoms with E-state index >= 15 is 0 Å². The van der Waals surface area contributed by atoms with Crippen molar-refractivity contribution in [3.05, 3.63) is 6.20 Å². The van der Waals surface area contributed by atoms with Crippen molar-refractivity contribution in [1.82, 2.24) is 4.98 Å². The maximum absolute atomic E-state index is 5.79. The van der Waals surface area contributed by atoms with Crippen LogP contribution in [0.2, 0.25) is 0 Å². The number of hydrogen-bond donors (Lipinski definition) is 1. The van der Waals surface area contributed by atoms with Gasteiger partial charge in [0, 0.05) is 19.7 Å². The van der Waals surface area contributed by atoms with Crippen LogP contribution in [0, 0.1) is 0 Å². The molecule has 0 aromatic carbocycles. The van der Waals surface area contributed by atoms with Gasteiger partial charge in [-0.1, -0.05) is 18.3 Å².